The summed E-state index contributed by atoms with van der Waals surface area (Å²) in [5.41, 5.74) is 2.13. The molecule has 2 rings (SSSR count). The van der Waals surface area contributed by atoms with Gasteiger partial charge in [0.2, 0.25) is 5.78 Å². The lowest BCUT2D eigenvalue weighted by Crippen LogP contribution is -3.18. The molecular weight excluding hydrogens is 338 g/mol. The Labute approximate surface area is 153 Å². The number of Topliss-reactive ketones (excluding diaryl/α,β-unsaturated/α-hetero) is 1. The molecule has 8 heteroatoms. The number of methoxy groups -OCH3 is 1. The third-order valence-corrected chi connectivity index (χ3v) is 5.01. The Balaban J connectivity index is 2.07. The number of nitrogens with one attached hydrogen (secondary N) is 2. The fourth-order valence-electron chi connectivity index (χ4n) is 3.43. The van der Waals surface area contributed by atoms with Crippen LogP contribution in [0.1, 0.15) is 46.0 Å². The number of quaternary nitrogens is 1. The van der Waals surface area contributed by atoms with Crippen molar-refractivity contribution in [3.05, 3.63) is 22.5 Å². The third kappa shape index (κ3) is 3.90. The Morgan fingerprint density at radius 3 is 2.38 bits per heavy atom. The number of carbonyl (C=O) groups excluding carboxylic acids is 3. The molecule has 0 bridgehead atoms. The number of hydrogen-bond donors (Lipinski definition) is 2. The molecule has 0 aliphatic carbocycles. The van der Waals surface area contributed by atoms with Gasteiger partial charge in [0.15, 0.2) is 6.04 Å². The molecule has 1 aromatic heterocycles. The summed E-state index contributed by atoms with van der Waals surface area (Å²) in [6.07, 6.45) is -0.302. The van der Waals surface area contributed by atoms with Crippen LogP contribution >= 0.6 is 0 Å². The predicted molar refractivity (Wildman–Crippen MR) is 94.7 cm³/mol. The molecule has 1 amide bonds. The number of aryl methyl sites for hydroxylation is 1. The average molecular weight is 366 g/mol. The zero-order valence-electron chi connectivity index (χ0n) is 16.1. The molecular formula is C18H28N3O5+. The second-order valence-corrected chi connectivity index (χ2v) is 6.55. The maximum Gasteiger partial charge on any atom is 0.410 e. The smallest absolute Gasteiger partial charge is 0.410 e. The number of nitrogens with zero attached hydrogens (tertiary/aromatic N) is 1. The van der Waals surface area contributed by atoms with Gasteiger partial charge in [-0.25, -0.2) is 9.59 Å². The van der Waals surface area contributed by atoms with Crippen LogP contribution in [-0.4, -0.2) is 73.7 Å². The minimum Gasteiger partial charge on any atom is -0.465 e. The van der Waals surface area contributed by atoms with Crippen molar-refractivity contribution in [1.29, 1.82) is 0 Å². The van der Waals surface area contributed by atoms with Gasteiger partial charge in [-0.3, -0.25) is 9.69 Å². The molecule has 144 valence electrons. The summed E-state index contributed by atoms with van der Waals surface area (Å²) in [7, 11) is 1.32. The molecule has 0 radical (unpaired) electrons. The number of aromatic amines is 1. The maximum absolute atomic E-state index is 12.9. The minimum absolute atomic E-state index is 0.0414. The van der Waals surface area contributed by atoms with Gasteiger partial charge in [-0.1, -0.05) is 0 Å². The highest BCUT2D eigenvalue weighted by Gasteiger charge is 2.34. The van der Waals surface area contributed by atoms with Gasteiger partial charge in [0.25, 0.3) is 0 Å². The fraction of sp³-hybridized carbons (Fsp3) is 0.611. The topological polar surface area (TPSA) is 93.1 Å². The summed E-state index contributed by atoms with van der Waals surface area (Å²) < 4.78 is 9.82. The highest BCUT2D eigenvalue weighted by atomic mass is 16.6. The maximum atomic E-state index is 12.9. The summed E-state index contributed by atoms with van der Waals surface area (Å²) >= 11 is 0. The third-order valence-electron chi connectivity index (χ3n) is 5.01. The number of amides is 1. The van der Waals surface area contributed by atoms with Gasteiger partial charge in [0.05, 0.1) is 51.2 Å². The Hall–Kier alpha value is -2.35. The number of esters is 1. The molecule has 0 aromatic carbocycles. The molecule has 1 aromatic rings. The van der Waals surface area contributed by atoms with Crippen molar-refractivity contribution < 1.29 is 28.8 Å². The Morgan fingerprint density at radius 2 is 1.85 bits per heavy atom. The van der Waals surface area contributed by atoms with E-state index in [1.807, 2.05) is 6.92 Å². The number of rotatable bonds is 5. The van der Waals surface area contributed by atoms with E-state index in [4.69, 9.17) is 9.47 Å². The molecule has 0 unspecified atom stereocenters. The standard InChI is InChI=1S/C18H27N3O5/c1-6-26-18(24)21-9-7-20(8-10-21)13(4)16(22)15-11(2)14(12(3)19-15)17(23)25-5/h13,19H,6-10H2,1-5H3/p+1/t13-/m0/s1. The Morgan fingerprint density at radius 1 is 1.23 bits per heavy atom. The Bertz CT molecular complexity index is 689. The highest BCUT2D eigenvalue weighted by Crippen LogP contribution is 2.19. The number of ether oxygens (including phenoxy) is 2. The van der Waals surface area contributed by atoms with E-state index < -0.39 is 5.97 Å². The lowest BCUT2D eigenvalue weighted by molar-refractivity contribution is -0.917. The molecule has 8 nitrogen and oxygen atoms in total. The molecule has 0 spiro atoms. The number of ketones is 1. The van der Waals surface area contributed by atoms with Gasteiger partial charge >= 0.3 is 12.1 Å². The van der Waals surface area contributed by atoms with Crippen molar-refractivity contribution in [2.75, 3.05) is 39.9 Å². The van der Waals surface area contributed by atoms with Gasteiger partial charge in [-0.15, -0.1) is 0 Å². The first kappa shape index (κ1) is 20.0. The van der Waals surface area contributed by atoms with E-state index in [2.05, 4.69) is 4.98 Å². The van der Waals surface area contributed by atoms with Gasteiger partial charge < -0.3 is 19.4 Å². The first-order valence-electron chi connectivity index (χ1n) is 8.89. The van der Waals surface area contributed by atoms with Crippen LogP contribution in [0, 0.1) is 13.8 Å². The number of carbonyl (C=O) groups is 3. The predicted octanol–water partition coefficient (Wildman–Crippen LogP) is 0.346. The summed E-state index contributed by atoms with van der Waals surface area (Å²) in [5.74, 6) is -0.487. The van der Waals surface area contributed by atoms with Crippen molar-refractivity contribution >= 4 is 17.8 Å². The van der Waals surface area contributed by atoms with E-state index in [9.17, 15) is 14.4 Å². The largest absolute Gasteiger partial charge is 0.465 e. The van der Waals surface area contributed by atoms with E-state index in [-0.39, 0.29) is 17.9 Å². The van der Waals surface area contributed by atoms with Crippen LogP contribution in [0.4, 0.5) is 4.79 Å². The zero-order valence-corrected chi connectivity index (χ0v) is 16.1. The van der Waals surface area contributed by atoms with Crippen LogP contribution in [-0.2, 0) is 9.47 Å². The zero-order chi connectivity index (χ0) is 19.4. The van der Waals surface area contributed by atoms with Gasteiger partial charge in [-0.2, -0.15) is 0 Å². The summed E-state index contributed by atoms with van der Waals surface area (Å²) in [6, 6.07) is -0.276. The van der Waals surface area contributed by atoms with Crippen LogP contribution in [0.3, 0.4) is 0 Å². The molecule has 1 saturated heterocycles. The second-order valence-electron chi connectivity index (χ2n) is 6.55. The van der Waals surface area contributed by atoms with Crippen LogP contribution in [0.25, 0.3) is 0 Å². The number of piperazine rings is 1. The number of hydrogen-bond acceptors (Lipinski definition) is 5. The first-order chi connectivity index (χ1) is 12.3. The highest BCUT2D eigenvalue weighted by molar-refractivity contribution is 6.03. The van der Waals surface area contributed by atoms with E-state index in [0.29, 0.717) is 55.3 Å². The molecule has 1 aliphatic heterocycles. The van der Waals surface area contributed by atoms with Crippen molar-refractivity contribution in [2.45, 2.75) is 33.7 Å². The average Bonchev–Trinajstić information content (AvgIpc) is 2.94. The lowest BCUT2D eigenvalue weighted by atomic mass is 10.0. The van der Waals surface area contributed by atoms with Crippen LogP contribution in [0.15, 0.2) is 0 Å². The molecule has 26 heavy (non-hydrogen) atoms. The van der Waals surface area contributed by atoms with E-state index >= 15 is 0 Å². The van der Waals surface area contributed by atoms with Crippen molar-refractivity contribution in [3.63, 3.8) is 0 Å². The minimum atomic E-state index is -0.446. The van der Waals surface area contributed by atoms with Crippen LogP contribution in [0.2, 0.25) is 0 Å². The summed E-state index contributed by atoms with van der Waals surface area (Å²) in [4.78, 5) is 42.5. The normalized spacial score (nSPS) is 16.3. The lowest BCUT2D eigenvalue weighted by Gasteiger charge is -2.34. The van der Waals surface area contributed by atoms with Crippen LogP contribution in [0.5, 0.6) is 0 Å². The van der Waals surface area contributed by atoms with Gasteiger partial charge in [0.1, 0.15) is 0 Å². The SMILES string of the molecule is CCOC(=O)N1CC[NH+]([C@@H](C)C(=O)c2[nH]c(C)c(C(=O)OC)c2C)CC1. The quantitative estimate of drug-likeness (QED) is 0.579. The Kier molecular flexibility index (Phi) is 6.42. The molecule has 1 fully saturated rings. The van der Waals surface area contributed by atoms with Crippen LogP contribution < -0.4 is 4.90 Å². The second kappa shape index (κ2) is 8.35. The molecule has 1 atom stereocenters. The number of H-pyrrole nitrogens is 1. The van der Waals surface area contributed by atoms with Crippen molar-refractivity contribution in [3.8, 4) is 0 Å². The molecule has 2 N–H and O–H groups in total. The van der Waals surface area contributed by atoms with E-state index in [0.717, 1.165) is 4.90 Å². The first-order valence-corrected chi connectivity index (χ1v) is 8.89. The van der Waals surface area contributed by atoms with Gasteiger partial charge in [-0.05, 0) is 33.3 Å². The summed E-state index contributed by atoms with van der Waals surface area (Å²) in [6.45, 7) is 9.99. The van der Waals surface area contributed by atoms with Crippen molar-refractivity contribution in [2.24, 2.45) is 0 Å². The summed E-state index contributed by atoms with van der Waals surface area (Å²) in [5, 5.41) is 0. The molecule has 1 aliphatic rings. The van der Waals surface area contributed by atoms with Crippen molar-refractivity contribution in [1.82, 2.24) is 9.88 Å². The van der Waals surface area contributed by atoms with Gasteiger partial charge in [0, 0.05) is 5.69 Å². The number of aromatic nitrogens is 1. The molecule has 2 heterocycles. The molecule has 0 saturated carbocycles. The van der Waals surface area contributed by atoms with E-state index in [1.165, 1.54) is 7.11 Å². The fourth-order valence-corrected chi connectivity index (χ4v) is 3.43. The van der Waals surface area contributed by atoms with E-state index in [1.54, 1.807) is 25.7 Å². The monoisotopic (exact) mass is 366 g/mol.